The third-order valence-electron chi connectivity index (χ3n) is 4.79. The molecule has 3 rings (SSSR count). The summed E-state index contributed by atoms with van der Waals surface area (Å²) in [7, 11) is 0. The van der Waals surface area contributed by atoms with Gasteiger partial charge in [-0.25, -0.2) is 0 Å². The van der Waals surface area contributed by atoms with E-state index >= 15 is 0 Å². The lowest BCUT2D eigenvalue weighted by molar-refractivity contribution is -0.908. The Morgan fingerprint density at radius 2 is 1.83 bits per heavy atom. The smallest absolute Gasteiger partial charge is 0.251 e. The van der Waals surface area contributed by atoms with Gasteiger partial charge >= 0.3 is 0 Å². The van der Waals surface area contributed by atoms with E-state index in [0.29, 0.717) is 0 Å². The number of anilines is 1. The third kappa shape index (κ3) is 4.69. The summed E-state index contributed by atoms with van der Waals surface area (Å²) in [4.78, 5) is 16.1. The van der Waals surface area contributed by atoms with E-state index in [1.54, 1.807) is 4.90 Å². The molecule has 2 heterocycles. The Balaban J connectivity index is 1.39. The minimum absolute atomic E-state index is 0.0370. The molecule has 2 N–H and O–H groups in total. The van der Waals surface area contributed by atoms with Crippen molar-refractivity contribution in [2.24, 2.45) is 0 Å². The van der Waals surface area contributed by atoms with Crippen molar-refractivity contribution in [3.8, 4) is 0 Å². The van der Waals surface area contributed by atoms with E-state index in [2.05, 4.69) is 22.3 Å². The van der Waals surface area contributed by atoms with Crippen LogP contribution in [0.1, 0.15) is 29.6 Å². The summed E-state index contributed by atoms with van der Waals surface area (Å²) >= 11 is 0. The minimum Gasteiger partial charge on any atom is -0.372 e. The molecule has 2 fully saturated rings. The topological polar surface area (TPSA) is 46.0 Å². The summed E-state index contributed by atoms with van der Waals surface area (Å²) in [6.07, 6.45) is 3.56. The fraction of sp³-hybridized carbons (Fsp3) is 0.611. The van der Waals surface area contributed by atoms with E-state index in [9.17, 15) is 4.79 Å². The van der Waals surface area contributed by atoms with E-state index in [0.717, 1.165) is 64.5 Å². The van der Waals surface area contributed by atoms with Crippen molar-refractivity contribution < 1.29 is 14.4 Å². The first-order valence-corrected chi connectivity index (χ1v) is 8.87. The monoisotopic (exact) mass is 318 g/mol. The van der Waals surface area contributed by atoms with Gasteiger partial charge in [-0.2, -0.15) is 0 Å². The van der Waals surface area contributed by atoms with Gasteiger partial charge in [0, 0.05) is 37.3 Å². The van der Waals surface area contributed by atoms with Crippen molar-refractivity contribution in [3.63, 3.8) is 0 Å². The lowest BCUT2D eigenvalue weighted by Gasteiger charge is -2.23. The normalized spacial score (nSPS) is 19.0. The fourth-order valence-corrected chi connectivity index (χ4v) is 3.35. The Bertz CT molecular complexity index is 491. The summed E-state index contributed by atoms with van der Waals surface area (Å²) in [6, 6.07) is 8.02. The van der Waals surface area contributed by atoms with Crippen molar-refractivity contribution in [2.75, 3.05) is 57.4 Å². The van der Waals surface area contributed by atoms with Crippen LogP contribution in [0, 0.1) is 0 Å². The Labute approximate surface area is 138 Å². The average molecular weight is 318 g/mol. The Kier molecular flexibility index (Phi) is 5.88. The molecular formula is C18H28N3O2+. The molecule has 1 aromatic rings. The van der Waals surface area contributed by atoms with Gasteiger partial charge < -0.3 is 19.9 Å². The molecule has 1 amide bonds. The van der Waals surface area contributed by atoms with Gasteiger partial charge in [-0.05, 0) is 37.1 Å². The van der Waals surface area contributed by atoms with Crippen LogP contribution in [0.15, 0.2) is 24.3 Å². The van der Waals surface area contributed by atoms with Gasteiger partial charge in [0.2, 0.25) is 0 Å². The fourth-order valence-electron chi connectivity index (χ4n) is 3.35. The second-order valence-electron chi connectivity index (χ2n) is 6.46. The summed E-state index contributed by atoms with van der Waals surface area (Å²) in [5, 5.41) is 3.03. The minimum atomic E-state index is 0.0370. The largest absolute Gasteiger partial charge is 0.372 e. The zero-order chi connectivity index (χ0) is 15.9. The molecule has 0 unspecified atom stereocenters. The Morgan fingerprint density at radius 1 is 1.13 bits per heavy atom. The molecule has 5 heteroatoms. The average Bonchev–Trinajstić information content (AvgIpc) is 3.14. The van der Waals surface area contributed by atoms with Gasteiger partial charge in [0.05, 0.1) is 19.8 Å². The summed E-state index contributed by atoms with van der Waals surface area (Å²) in [5.41, 5.74) is 1.99. The van der Waals surface area contributed by atoms with Crippen LogP contribution in [0.5, 0.6) is 0 Å². The highest BCUT2D eigenvalue weighted by atomic mass is 16.5. The lowest BCUT2D eigenvalue weighted by atomic mass is 10.2. The van der Waals surface area contributed by atoms with Gasteiger partial charge in [0.1, 0.15) is 13.1 Å². The van der Waals surface area contributed by atoms with Crippen LogP contribution in [0.25, 0.3) is 0 Å². The molecule has 5 nitrogen and oxygen atoms in total. The predicted molar refractivity (Wildman–Crippen MR) is 91.2 cm³/mol. The van der Waals surface area contributed by atoms with Crippen LogP contribution in [0.2, 0.25) is 0 Å². The van der Waals surface area contributed by atoms with Gasteiger partial charge in [-0.1, -0.05) is 0 Å². The van der Waals surface area contributed by atoms with Crippen LogP contribution in [0.4, 0.5) is 5.69 Å². The first-order chi connectivity index (χ1) is 11.3. The number of nitrogens with one attached hydrogen (secondary N) is 2. The highest BCUT2D eigenvalue weighted by Gasteiger charge is 2.14. The van der Waals surface area contributed by atoms with Crippen LogP contribution < -0.4 is 15.1 Å². The van der Waals surface area contributed by atoms with Crippen LogP contribution >= 0.6 is 0 Å². The second-order valence-corrected chi connectivity index (χ2v) is 6.46. The highest BCUT2D eigenvalue weighted by Crippen LogP contribution is 2.20. The zero-order valence-corrected chi connectivity index (χ0v) is 13.9. The number of amides is 1. The predicted octanol–water partition coefficient (Wildman–Crippen LogP) is 0.322. The molecule has 2 aliphatic rings. The standard InChI is InChI=1S/C18H27N3O2/c22-18(19-8-3-9-20-12-14-23-15-13-20)16-4-6-17(7-5-16)21-10-1-2-11-21/h4-7H,1-3,8-15H2,(H,19,22)/p+1. The second kappa shape index (κ2) is 8.31. The van der Waals surface area contributed by atoms with Crippen LogP contribution in [-0.2, 0) is 4.74 Å². The molecule has 0 bridgehead atoms. The molecule has 0 radical (unpaired) electrons. The Hall–Kier alpha value is -1.59. The van der Waals surface area contributed by atoms with Gasteiger partial charge in [0.15, 0.2) is 0 Å². The van der Waals surface area contributed by atoms with E-state index in [1.165, 1.54) is 18.5 Å². The van der Waals surface area contributed by atoms with Crippen molar-refractivity contribution in [2.45, 2.75) is 19.3 Å². The highest BCUT2D eigenvalue weighted by molar-refractivity contribution is 5.94. The van der Waals surface area contributed by atoms with Crippen LogP contribution in [-0.4, -0.2) is 58.4 Å². The first-order valence-electron chi connectivity index (χ1n) is 8.87. The number of quaternary nitrogens is 1. The number of carbonyl (C=O) groups excluding carboxylic acids is 1. The van der Waals surface area contributed by atoms with Gasteiger partial charge in [-0.3, -0.25) is 4.79 Å². The van der Waals surface area contributed by atoms with Crippen molar-refractivity contribution in [1.29, 1.82) is 0 Å². The molecule has 0 spiro atoms. The van der Waals surface area contributed by atoms with Crippen LogP contribution in [0.3, 0.4) is 0 Å². The van der Waals surface area contributed by atoms with Gasteiger partial charge in [-0.15, -0.1) is 0 Å². The Morgan fingerprint density at radius 3 is 2.52 bits per heavy atom. The number of hydrogen-bond acceptors (Lipinski definition) is 3. The number of nitrogens with zero attached hydrogens (tertiary/aromatic N) is 1. The van der Waals surface area contributed by atoms with E-state index < -0.39 is 0 Å². The molecular weight excluding hydrogens is 290 g/mol. The van der Waals surface area contributed by atoms with E-state index in [-0.39, 0.29) is 5.91 Å². The van der Waals surface area contributed by atoms with E-state index in [1.807, 2.05) is 12.1 Å². The lowest BCUT2D eigenvalue weighted by Crippen LogP contribution is -3.14. The number of hydrogen-bond donors (Lipinski definition) is 2. The molecule has 0 saturated carbocycles. The maximum Gasteiger partial charge on any atom is 0.251 e. The number of benzene rings is 1. The molecule has 0 aromatic heterocycles. The van der Waals surface area contributed by atoms with Gasteiger partial charge in [0.25, 0.3) is 5.91 Å². The van der Waals surface area contributed by atoms with E-state index in [4.69, 9.17) is 4.74 Å². The first kappa shape index (κ1) is 16.3. The number of carbonyl (C=O) groups is 1. The maximum absolute atomic E-state index is 12.2. The molecule has 126 valence electrons. The summed E-state index contributed by atoms with van der Waals surface area (Å²) in [5.74, 6) is 0.0370. The molecule has 1 aromatic carbocycles. The quantitative estimate of drug-likeness (QED) is 0.743. The molecule has 2 aliphatic heterocycles. The third-order valence-corrected chi connectivity index (χ3v) is 4.79. The number of morpholine rings is 1. The molecule has 2 saturated heterocycles. The molecule has 0 atom stereocenters. The van der Waals surface area contributed by atoms with Crippen molar-refractivity contribution >= 4 is 11.6 Å². The maximum atomic E-state index is 12.2. The number of ether oxygens (including phenoxy) is 1. The SMILES string of the molecule is O=C(NCCC[NH+]1CCOCC1)c1ccc(N2CCCC2)cc1. The van der Waals surface area contributed by atoms with Crippen molar-refractivity contribution in [1.82, 2.24) is 5.32 Å². The zero-order valence-electron chi connectivity index (χ0n) is 13.9. The van der Waals surface area contributed by atoms with Crippen molar-refractivity contribution in [3.05, 3.63) is 29.8 Å². The summed E-state index contributed by atoms with van der Waals surface area (Å²) in [6.45, 7) is 8.04. The molecule has 0 aliphatic carbocycles. The molecule has 23 heavy (non-hydrogen) atoms. The number of rotatable bonds is 6. The summed E-state index contributed by atoms with van der Waals surface area (Å²) < 4.78 is 5.35.